The van der Waals surface area contributed by atoms with E-state index in [9.17, 15) is 13.2 Å². The van der Waals surface area contributed by atoms with Crippen LogP contribution in [0.5, 0.6) is 0 Å². The number of amides is 1. The molecule has 4 nitrogen and oxygen atoms in total. The first-order valence-electron chi connectivity index (χ1n) is 6.82. The van der Waals surface area contributed by atoms with Gasteiger partial charge in [-0.05, 0) is 42.9 Å². The van der Waals surface area contributed by atoms with E-state index in [1.807, 2.05) is 0 Å². The molecule has 0 bridgehead atoms. The average Bonchev–Trinajstić information content (AvgIpc) is 2.34. The van der Waals surface area contributed by atoms with Crippen LogP contribution >= 0.6 is 10.7 Å². The molecule has 0 aromatic heterocycles. The lowest BCUT2D eigenvalue weighted by Gasteiger charge is -2.23. The van der Waals surface area contributed by atoms with Crippen LogP contribution in [0, 0.1) is 19.3 Å². The summed E-state index contributed by atoms with van der Waals surface area (Å²) in [5.41, 5.74) is 1.60. The fourth-order valence-electron chi connectivity index (χ4n) is 1.88. The van der Waals surface area contributed by atoms with Gasteiger partial charge in [0.2, 0.25) is 0 Å². The minimum absolute atomic E-state index is 0.00431. The van der Waals surface area contributed by atoms with Crippen molar-refractivity contribution in [2.75, 3.05) is 6.54 Å². The molecule has 0 unspecified atom stereocenters. The lowest BCUT2D eigenvalue weighted by atomic mass is 9.90. The van der Waals surface area contributed by atoms with Crippen molar-refractivity contribution in [3.63, 3.8) is 0 Å². The molecule has 0 saturated heterocycles. The van der Waals surface area contributed by atoms with Crippen molar-refractivity contribution < 1.29 is 13.2 Å². The molecule has 0 saturated carbocycles. The van der Waals surface area contributed by atoms with Gasteiger partial charge in [0.1, 0.15) is 0 Å². The molecular formula is C15H22ClNO3S. The molecule has 0 radical (unpaired) electrons. The minimum Gasteiger partial charge on any atom is -0.351 e. The van der Waals surface area contributed by atoms with Gasteiger partial charge in [-0.1, -0.05) is 26.8 Å². The highest BCUT2D eigenvalue weighted by atomic mass is 35.7. The van der Waals surface area contributed by atoms with Gasteiger partial charge in [0.25, 0.3) is 15.0 Å². The molecule has 6 heteroatoms. The van der Waals surface area contributed by atoms with E-state index >= 15 is 0 Å². The maximum Gasteiger partial charge on any atom is 0.261 e. The SMILES string of the molecule is CCC(C)(C)CNC(=O)c1cc(S(=O)(=O)Cl)c(C)cc1C. The van der Waals surface area contributed by atoms with Gasteiger partial charge in [0, 0.05) is 22.8 Å². The first kappa shape index (κ1) is 18.0. The zero-order valence-corrected chi connectivity index (χ0v) is 14.7. The van der Waals surface area contributed by atoms with Crippen LogP contribution in [0.2, 0.25) is 0 Å². The molecule has 21 heavy (non-hydrogen) atoms. The number of hydrogen-bond acceptors (Lipinski definition) is 3. The van der Waals surface area contributed by atoms with E-state index in [4.69, 9.17) is 10.7 Å². The lowest BCUT2D eigenvalue weighted by Crippen LogP contribution is -2.34. The molecule has 1 aromatic rings. The number of nitrogens with one attached hydrogen (secondary N) is 1. The molecule has 1 aromatic carbocycles. The van der Waals surface area contributed by atoms with E-state index in [0.717, 1.165) is 12.0 Å². The summed E-state index contributed by atoms with van der Waals surface area (Å²) in [5, 5.41) is 2.85. The number of aryl methyl sites for hydroxylation is 2. The van der Waals surface area contributed by atoms with Crippen molar-refractivity contribution >= 4 is 25.6 Å². The summed E-state index contributed by atoms with van der Waals surface area (Å²) in [7, 11) is 1.54. The molecule has 1 N–H and O–H groups in total. The van der Waals surface area contributed by atoms with Crippen LogP contribution in [-0.4, -0.2) is 20.9 Å². The summed E-state index contributed by atoms with van der Waals surface area (Å²) in [4.78, 5) is 12.3. The number of carbonyl (C=O) groups excluding carboxylic acids is 1. The molecule has 1 rings (SSSR count). The van der Waals surface area contributed by atoms with Crippen molar-refractivity contribution in [2.24, 2.45) is 5.41 Å². The summed E-state index contributed by atoms with van der Waals surface area (Å²) < 4.78 is 23.1. The molecule has 0 aliphatic heterocycles. The van der Waals surface area contributed by atoms with E-state index in [0.29, 0.717) is 17.7 Å². The van der Waals surface area contributed by atoms with Crippen molar-refractivity contribution in [3.05, 3.63) is 28.8 Å². The molecule has 0 fully saturated rings. The van der Waals surface area contributed by atoms with Gasteiger partial charge in [-0.2, -0.15) is 0 Å². The highest BCUT2D eigenvalue weighted by molar-refractivity contribution is 8.13. The average molecular weight is 332 g/mol. The standard InChI is InChI=1S/C15H22ClNO3S/c1-6-15(4,5)9-17-14(18)12-8-13(21(16,19)20)11(3)7-10(12)2/h7-8H,6,9H2,1-5H3,(H,17,18). The number of carbonyl (C=O) groups is 1. The number of hydrogen-bond donors (Lipinski definition) is 1. The van der Waals surface area contributed by atoms with E-state index in [1.54, 1.807) is 19.9 Å². The fourth-order valence-corrected chi connectivity index (χ4v) is 3.08. The summed E-state index contributed by atoms with van der Waals surface area (Å²) >= 11 is 0. The fraction of sp³-hybridized carbons (Fsp3) is 0.533. The second-order valence-electron chi connectivity index (χ2n) is 6.07. The van der Waals surface area contributed by atoms with Crippen LogP contribution in [0.15, 0.2) is 17.0 Å². The van der Waals surface area contributed by atoms with E-state index in [2.05, 4.69) is 26.1 Å². The minimum atomic E-state index is -3.86. The summed E-state index contributed by atoms with van der Waals surface area (Å²) in [5.74, 6) is -0.282. The van der Waals surface area contributed by atoms with Crippen LogP contribution in [0.25, 0.3) is 0 Å². The van der Waals surface area contributed by atoms with Crippen LogP contribution in [0.4, 0.5) is 0 Å². The Hall–Kier alpha value is -1.07. The van der Waals surface area contributed by atoms with Crippen molar-refractivity contribution in [1.29, 1.82) is 0 Å². The van der Waals surface area contributed by atoms with Gasteiger partial charge in [-0.15, -0.1) is 0 Å². The highest BCUT2D eigenvalue weighted by Gasteiger charge is 2.21. The second-order valence-corrected chi connectivity index (χ2v) is 8.61. The largest absolute Gasteiger partial charge is 0.351 e. The Kier molecular flexibility index (Phi) is 5.45. The Morgan fingerprint density at radius 1 is 1.24 bits per heavy atom. The van der Waals surface area contributed by atoms with Gasteiger partial charge in [-0.3, -0.25) is 4.79 Å². The zero-order valence-electron chi connectivity index (χ0n) is 13.1. The normalized spacial score (nSPS) is 12.3. The van der Waals surface area contributed by atoms with E-state index < -0.39 is 9.05 Å². The highest BCUT2D eigenvalue weighted by Crippen LogP contribution is 2.24. The predicted octanol–water partition coefficient (Wildman–Crippen LogP) is 3.40. The smallest absolute Gasteiger partial charge is 0.261 e. The third-order valence-corrected chi connectivity index (χ3v) is 5.18. The summed E-state index contributed by atoms with van der Waals surface area (Å²) in [6.07, 6.45) is 0.932. The molecule has 0 spiro atoms. The Bertz CT molecular complexity index is 651. The Morgan fingerprint density at radius 2 is 1.81 bits per heavy atom. The number of benzene rings is 1. The van der Waals surface area contributed by atoms with Gasteiger partial charge < -0.3 is 5.32 Å². The molecule has 0 atom stereocenters. The number of halogens is 1. The first-order valence-corrected chi connectivity index (χ1v) is 9.13. The Labute approximate surface area is 131 Å². The van der Waals surface area contributed by atoms with Gasteiger partial charge >= 0.3 is 0 Å². The molecule has 0 aliphatic carbocycles. The third kappa shape index (κ3) is 4.71. The van der Waals surface area contributed by atoms with Crippen LogP contribution in [0.1, 0.15) is 48.7 Å². The third-order valence-electron chi connectivity index (χ3n) is 3.71. The van der Waals surface area contributed by atoms with E-state index in [1.165, 1.54) is 6.07 Å². The van der Waals surface area contributed by atoms with E-state index in [-0.39, 0.29) is 16.2 Å². The monoisotopic (exact) mass is 331 g/mol. The first-order chi connectivity index (χ1) is 9.48. The quantitative estimate of drug-likeness (QED) is 0.841. The van der Waals surface area contributed by atoms with Crippen molar-refractivity contribution in [2.45, 2.75) is 45.9 Å². The summed E-state index contributed by atoms with van der Waals surface area (Å²) in [6.45, 7) is 10.1. The maximum atomic E-state index is 12.3. The van der Waals surface area contributed by atoms with Crippen molar-refractivity contribution in [3.8, 4) is 0 Å². The van der Waals surface area contributed by atoms with Gasteiger partial charge in [0.05, 0.1) is 4.90 Å². The Morgan fingerprint density at radius 3 is 2.29 bits per heavy atom. The number of rotatable bonds is 5. The predicted molar refractivity (Wildman–Crippen MR) is 85.4 cm³/mol. The van der Waals surface area contributed by atoms with Crippen LogP contribution in [-0.2, 0) is 9.05 Å². The van der Waals surface area contributed by atoms with Gasteiger partial charge in [-0.25, -0.2) is 8.42 Å². The van der Waals surface area contributed by atoms with Crippen LogP contribution < -0.4 is 5.32 Å². The Balaban J connectivity index is 3.11. The molecular weight excluding hydrogens is 310 g/mol. The molecule has 0 aliphatic rings. The molecule has 118 valence electrons. The topological polar surface area (TPSA) is 63.2 Å². The zero-order chi connectivity index (χ0) is 16.4. The maximum absolute atomic E-state index is 12.3. The second kappa shape index (κ2) is 6.36. The summed E-state index contributed by atoms with van der Waals surface area (Å²) in [6, 6.07) is 3.01. The van der Waals surface area contributed by atoms with Gasteiger partial charge in [0.15, 0.2) is 0 Å². The lowest BCUT2D eigenvalue weighted by molar-refractivity contribution is 0.0935. The molecule has 1 amide bonds. The molecule has 0 heterocycles. The van der Waals surface area contributed by atoms with Crippen LogP contribution in [0.3, 0.4) is 0 Å². The van der Waals surface area contributed by atoms with Crippen molar-refractivity contribution in [1.82, 2.24) is 5.32 Å².